The number of hydrogen-bond donors (Lipinski definition) is 4. The fraction of sp³-hybridized carbons (Fsp3) is 0. The van der Waals surface area contributed by atoms with Gasteiger partial charge in [-0.25, -0.2) is 4.79 Å². The predicted octanol–water partition coefficient (Wildman–Crippen LogP) is -2.76. The molecule has 11 nitrogen and oxygen atoms in total. The largest absolute Gasteiger partial charge is 0.543 e. The van der Waals surface area contributed by atoms with Crippen LogP contribution in [0.4, 0.5) is 4.79 Å². The standard InChI is InChI=1S/CH2O9S2.2Mg.2H3N.4H/c2-1(9-11(3,4)5)10-12(6,7)8;;;;;;;;/h(H,3,4,5)(H,6,7,8);;;2*1H3;;;;. The van der Waals surface area contributed by atoms with Gasteiger partial charge >= 0.3 is 73.1 Å². The Kier molecular flexibility index (Phi) is 20.0. The zero-order valence-corrected chi connectivity index (χ0v) is 8.12. The van der Waals surface area contributed by atoms with Crippen LogP contribution in [-0.2, 0) is 29.2 Å². The molecule has 0 aliphatic heterocycles. The third-order valence-electron chi connectivity index (χ3n) is 0.347. The first-order valence-corrected chi connectivity index (χ1v) is 4.71. The zero-order valence-electron chi connectivity index (χ0n) is 6.48. The Bertz CT molecular complexity index is 336. The molecule has 8 N–H and O–H groups in total. The van der Waals surface area contributed by atoms with Gasteiger partial charge in [0.2, 0.25) is 0 Å². The highest BCUT2D eigenvalue weighted by Gasteiger charge is 2.20. The molecule has 0 rings (SSSR count). The van der Waals surface area contributed by atoms with E-state index in [1.54, 1.807) is 0 Å². The molecule has 0 bridgehead atoms. The Morgan fingerprint density at radius 3 is 1.12 bits per heavy atom. The van der Waals surface area contributed by atoms with Crippen molar-refractivity contribution < 1.29 is 39.1 Å². The quantitative estimate of drug-likeness (QED) is 0.302. The summed E-state index contributed by atoms with van der Waals surface area (Å²) in [5.41, 5.74) is 0. The van der Waals surface area contributed by atoms with Crippen LogP contribution in [-0.4, -0.2) is 78.2 Å². The summed E-state index contributed by atoms with van der Waals surface area (Å²) in [7, 11) is -10.3. The van der Waals surface area contributed by atoms with Gasteiger partial charge in [-0.05, 0) is 0 Å². The summed E-state index contributed by atoms with van der Waals surface area (Å²) in [6.45, 7) is 0. The van der Waals surface area contributed by atoms with Crippen LogP contribution in [0.5, 0.6) is 0 Å². The van der Waals surface area contributed by atoms with Crippen LogP contribution in [0.25, 0.3) is 0 Å². The zero-order chi connectivity index (χ0) is 9.99. The Hall–Kier alpha value is 0.542. The maximum Gasteiger partial charge on any atom is 0.543 e. The highest BCUT2D eigenvalue weighted by atomic mass is 32.3. The maximum atomic E-state index is 9.95. The lowest BCUT2D eigenvalue weighted by atomic mass is 11.5. The lowest BCUT2D eigenvalue weighted by molar-refractivity contribution is 0.145. The van der Waals surface area contributed by atoms with Crippen molar-refractivity contribution in [3.05, 3.63) is 0 Å². The molecule has 0 saturated carbocycles. The second-order valence-electron chi connectivity index (χ2n) is 1.27. The van der Waals surface area contributed by atoms with Gasteiger partial charge in [0.15, 0.2) is 0 Å². The molecule has 0 aromatic carbocycles. The summed E-state index contributed by atoms with van der Waals surface area (Å²) >= 11 is 0. The molecular weight excluding hydrogens is 297 g/mol. The van der Waals surface area contributed by atoms with Crippen molar-refractivity contribution in [3.63, 3.8) is 0 Å². The van der Waals surface area contributed by atoms with Gasteiger partial charge in [0, 0.05) is 0 Å². The van der Waals surface area contributed by atoms with Crippen LogP contribution in [0.15, 0.2) is 0 Å². The molecule has 0 unspecified atom stereocenters. The summed E-state index contributed by atoms with van der Waals surface area (Å²) in [4.78, 5) is 9.95. The van der Waals surface area contributed by atoms with E-state index in [0.717, 1.165) is 0 Å². The van der Waals surface area contributed by atoms with E-state index >= 15 is 0 Å². The van der Waals surface area contributed by atoms with Crippen molar-refractivity contribution in [2.45, 2.75) is 0 Å². The van der Waals surface area contributed by atoms with Crippen molar-refractivity contribution in [2.75, 3.05) is 0 Å². The molecule has 15 heteroatoms. The molecule has 0 amide bonds. The van der Waals surface area contributed by atoms with Crippen LogP contribution in [0, 0.1) is 0 Å². The number of hydrogen-bond acceptors (Lipinski definition) is 9. The van der Waals surface area contributed by atoms with Crippen molar-refractivity contribution in [3.8, 4) is 0 Å². The first-order chi connectivity index (χ1) is 5.10. The van der Waals surface area contributed by atoms with Gasteiger partial charge < -0.3 is 12.3 Å². The summed E-state index contributed by atoms with van der Waals surface area (Å²) < 4.78 is 60.1. The molecule has 0 atom stereocenters. The van der Waals surface area contributed by atoms with E-state index < -0.39 is 27.0 Å². The van der Waals surface area contributed by atoms with Gasteiger partial charge in [-0.2, -0.15) is 16.8 Å². The molecule has 0 aromatic heterocycles. The lowest BCUT2D eigenvalue weighted by Crippen LogP contribution is -2.16. The first kappa shape index (κ1) is 30.0. The maximum absolute atomic E-state index is 9.95. The average molecular weight is 309 g/mol. The third kappa shape index (κ3) is 24.0. The van der Waals surface area contributed by atoms with Crippen LogP contribution in [0.3, 0.4) is 0 Å². The monoisotopic (exact) mass is 308 g/mol. The minimum Gasteiger partial charge on any atom is -0.344 e. The fourth-order valence-corrected chi connectivity index (χ4v) is 0.641. The molecule has 16 heavy (non-hydrogen) atoms. The fourth-order valence-electron chi connectivity index (χ4n) is 0.186. The smallest absolute Gasteiger partial charge is 0.344 e. The molecule has 0 saturated heterocycles. The van der Waals surface area contributed by atoms with Crippen molar-refractivity contribution in [2.24, 2.45) is 0 Å². The Morgan fingerprint density at radius 1 is 0.812 bits per heavy atom. The number of rotatable bonds is 2. The van der Waals surface area contributed by atoms with E-state index in [0.29, 0.717) is 0 Å². The van der Waals surface area contributed by atoms with Gasteiger partial charge in [0.05, 0.1) is 0 Å². The van der Waals surface area contributed by atoms with Crippen molar-refractivity contribution in [1.29, 1.82) is 0 Å². The summed E-state index contributed by atoms with van der Waals surface area (Å²) in [6.07, 6.45) is -2.29. The van der Waals surface area contributed by atoms with Crippen LogP contribution in [0.2, 0.25) is 0 Å². The molecule has 96 valence electrons. The molecular formula is CH12Mg2N2O9S2. The Balaban J connectivity index is -0.000000101. The van der Waals surface area contributed by atoms with E-state index in [2.05, 4.69) is 8.37 Å². The van der Waals surface area contributed by atoms with E-state index in [4.69, 9.17) is 9.11 Å². The van der Waals surface area contributed by atoms with Crippen molar-refractivity contribution >= 4 is 73.1 Å². The summed E-state index contributed by atoms with van der Waals surface area (Å²) in [6, 6.07) is 0. The highest BCUT2D eigenvalue weighted by Crippen LogP contribution is 1.95. The average Bonchev–Trinajstić information content (AvgIpc) is 1.49. The topological polar surface area (TPSA) is 214 Å². The summed E-state index contributed by atoms with van der Waals surface area (Å²) in [5.74, 6) is 0. The third-order valence-corrected chi connectivity index (χ3v) is 1.04. The van der Waals surface area contributed by atoms with E-state index in [9.17, 15) is 21.6 Å². The normalized spacial score (nSPS) is 9.12. The van der Waals surface area contributed by atoms with Gasteiger partial charge in [-0.1, -0.05) is 0 Å². The van der Waals surface area contributed by atoms with E-state index in [-0.39, 0.29) is 58.4 Å². The first-order valence-electron chi connectivity index (χ1n) is 1.98. The second-order valence-corrected chi connectivity index (χ2v) is 3.32. The molecule has 0 aromatic rings. The van der Waals surface area contributed by atoms with Crippen LogP contribution < -0.4 is 12.3 Å². The SMILES string of the molecule is N.N.O=C(OS(=O)(=O)O)OS(=O)(=O)O.[MgH2].[MgH2]. The molecule has 0 spiro atoms. The molecule has 0 fully saturated rings. The highest BCUT2D eigenvalue weighted by molar-refractivity contribution is 7.82. The van der Waals surface area contributed by atoms with Crippen LogP contribution in [0.1, 0.15) is 0 Å². The lowest BCUT2D eigenvalue weighted by Gasteiger charge is -1.97. The van der Waals surface area contributed by atoms with Gasteiger partial charge in [0.1, 0.15) is 0 Å². The molecule has 0 radical (unpaired) electrons. The van der Waals surface area contributed by atoms with E-state index in [1.807, 2.05) is 0 Å². The predicted molar refractivity (Wildman–Crippen MR) is 57.8 cm³/mol. The van der Waals surface area contributed by atoms with E-state index in [1.165, 1.54) is 0 Å². The van der Waals surface area contributed by atoms with Crippen molar-refractivity contribution in [1.82, 2.24) is 12.3 Å². The number of carbonyl (C=O) groups is 1. The molecule has 0 heterocycles. The number of carbonyl (C=O) groups excluding carboxylic acids is 1. The minimum atomic E-state index is -5.15. The molecule has 0 aliphatic rings. The van der Waals surface area contributed by atoms with Gasteiger partial charge in [0.25, 0.3) is 0 Å². The Morgan fingerprint density at radius 2 is 1.00 bits per heavy atom. The molecule has 0 aliphatic carbocycles. The van der Waals surface area contributed by atoms with Gasteiger partial charge in [-0.3, -0.25) is 17.5 Å². The Labute approximate surface area is 124 Å². The second kappa shape index (κ2) is 10.7. The van der Waals surface area contributed by atoms with Crippen LogP contribution >= 0.6 is 0 Å². The minimum absolute atomic E-state index is 0. The summed E-state index contributed by atoms with van der Waals surface area (Å²) in [5, 5.41) is 0. The van der Waals surface area contributed by atoms with Gasteiger partial charge in [-0.15, -0.1) is 0 Å².